The lowest BCUT2D eigenvalue weighted by atomic mass is 10.1. The van der Waals surface area contributed by atoms with Gasteiger partial charge in [0, 0.05) is 27.1 Å². The molecule has 0 bridgehead atoms. The molecule has 1 atom stereocenters. The molecule has 0 heterocycles. The van der Waals surface area contributed by atoms with Crippen molar-refractivity contribution in [2.75, 3.05) is 0 Å². The quantitative estimate of drug-likeness (QED) is 0.749. The highest BCUT2D eigenvalue weighted by atomic mass is 79.9. The molecule has 0 unspecified atom stereocenters. The van der Waals surface area contributed by atoms with Gasteiger partial charge in [-0.15, -0.1) is 0 Å². The SMILES string of the molecule is C[C@H](NCc1ccc(Br)cc1Cl)c1ccc(Cl)cc1. The molecule has 2 aromatic carbocycles. The van der Waals surface area contributed by atoms with Gasteiger partial charge in [0.1, 0.15) is 0 Å². The molecule has 0 aliphatic heterocycles. The maximum Gasteiger partial charge on any atom is 0.0462 e. The third-order valence-corrected chi connectivity index (χ3v) is 4.08. The van der Waals surface area contributed by atoms with Crippen LogP contribution in [0.25, 0.3) is 0 Å². The largest absolute Gasteiger partial charge is 0.306 e. The molecule has 0 aliphatic carbocycles. The summed E-state index contributed by atoms with van der Waals surface area (Å²) in [5.74, 6) is 0. The van der Waals surface area contributed by atoms with Crippen LogP contribution >= 0.6 is 39.1 Å². The fourth-order valence-electron chi connectivity index (χ4n) is 1.80. The predicted molar refractivity (Wildman–Crippen MR) is 85.9 cm³/mol. The summed E-state index contributed by atoms with van der Waals surface area (Å²) < 4.78 is 0.993. The predicted octanol–water partition coefficient (Wildman–Crippen LogP) is 5.61. The van der Waals surface area contributed by atoms with E-state index in [1.54, 1.807) is 0 Å². The number of hydrogen-bond donors (Lipinski definition) is 1. The summed E-state index contributed by atoms with van der Waals surface area (Å²) in [5, 5.41) is 4.98. The Balaban J connectivity index is 2.00. The summed E-state index contributed by atoms with van der Waals surface area (Å²) in [4.78, 5) is 0. The van der Waals surface area contributed by atoms with Gasteiger partial charge in [-0.25, -0.2) is 0 Å². The van der Waals surface area contributed by atoms with Crippen LogP contribution in [-0.4, -0.2) is 0 Å². The summed E-state index contributed by atoms with van der Waals surface area (Å²) in [6.07, 6.45) is 0. The van der Waals surface area contributed by atoms with Gasteiger partial charge in [0.25, 0.3) is 0 Å². The lowest BCUT2D eigenvalue weighted by molar-refractivity contribution is 0.575. The second-order valence-electron chi connectivity index (χ2n) is 4.39. The normalized spacial score (nSPS) is 12.4. The van der Waals surface area contributed by atoms with Crippen molar-refractivity contribution in [1.29, 1.82) is 0 Å². The fourth-order valence-corrected chi connectivity index (χ4v) is 2.66. The standard InChI is InChI=1S/C15H14BrCl2N/c1-10(11-3-6-14(17)7-4-11)19-9-12-2-5-13(16)8-15(12)18/h2-8,10,19H,9H2,1H3/t10-/m0/s1. The van der Waals surface area contributed by atoms with Crippen molar-refractivity contribution < 1.29 is 0 Å². The third-order valence-electron chi connectivity index (χ3n) is 2.98. The van der Waals surface area contributed by atoms with E-state index >= 15 is 0 Å². The van der Waals surface area contributed by atoms with Crippen LogP contribution in [-0.2, 0) is 6.54 Å². The minimum Gasteiger partial charge on any atom is -0.306 e. The Labute approximate surface area is 132 Å². The first-order valence-electron chi connectivity index (χ1n) is 5.99. The number of nitrogens with one attached hydrogen (secondary N) is 1. The molecule has 0 saturated heterocycles. The average Bonchev–Trinajstić information content (AvgIpc) is 2.38. The van der Waals surface area contributed by atoms with Crippen LogP contribution < -0.4 is 5.32 Å². The highest BCUT2D eigenvalue weighted by Gasteiger charge is 2.06. The molecule has 0 fully saturated rings. The molecule has 100 valence electrons. The summed E-state index contributed by atoms with van der Waals surface area (Å²) in [6.45, 7) is 2.85. The number of benzene rings is 2. The zero-order valence-corrected chi connectivity index (χ0v) is 13.6. The van der Waals surface area contributed by atoms with E-state index in [1.807, 2.05) is 42.5 Å². The van der Waals surface area contributed by atoms with E-state index in [4.69, 9.17) is 23.2 Å². The Bertz CT molecular complexity index is 555. The minimum absolute atomic E-state index is 0.247. The molecule has 0 saturated carbocycles. The Hall–Kier alpha value is -0.540. The molecule has 2 rings (SSSR count). The van der Waals surface area contributed by atoms with Crippen molar-refractivity contribution in [3.8, 4) is 0 Å². The van der Waals surface area contributed by atoms with Gasteiger partial charge in [-0.1, -0.05) is 57.3 Å². The minimum atomic E-state index is 0.247. The maximum atomic E-state index is 6.19. The van der Waals surface area contributed by atoms with Crippen molar-refractivity contribution >= 4 is 39.1 Å². The van der Waals surface area contributed by atoms with Gasteiger partial charge in [0.2, 0.25) is 0 Å². The Morgan fingerprint density at radius 2 is 1.79 bits per heavy atom. The van der Waals surface area contributed by atoms with Crippen LogP contribution in [0, 0.1) is 0 Å². The molecule has 19 heavy (non-hydrogen) atoms. The Morgan fingerprint density at radius 3 is 2.42 bits per heavy atom. The summed E-state index contributed by atoms with van der Waals surface area (Å²) >= 11 is 15.5. The molecular weight excluding hydrogens is 345 g/mol. The zero-order chi connectivity index (χ0) is 13.8. The molecule has 0 aliphatic rings. The first-order chi connectivity index (χ1) is 9.06. The van der Waals surface area contributed by atoms with Gasteiger partial charge in [-0.05, 0) is 42.3 Å². The first-order valence-corrected chi connectivity index (χ1v) is 7.54. The Morgan fingerprint density at radius 1 is 1.11 bits per heavy atom. The van der Waals surface area contributed by atoms with Gasteiger partial charge < -0.3 is 5.32 Å². The number of halogens is 3. The van der Waals surface area contributed by atoms with E-state index in [2.05, 4.69) is 28.2 Å². The fraction of sp³-hybridized carbons (Fsp3) is 0.200. The van der Waals surface area contributed by atoms with Gasteiger partial charge in [-0.3, -0.25) is 0 Å². The monoisotopic (exact) mass is 357 g/mol. The molecule has 1 nitrogen and oxygen atoms in total. The van der Waals surface area contributed by atoms with Gasteiger partial charge in [0.15, 0.2) is 0 Å². The molecule has 0 aromatic heterocycles. The molecular formula is C15H14BrCl2N. The second-order valence-corrected chi connectivity index (χ2v) is 6.15. The van der Waals surface area contributed by atoms with E-state index in [9.17, 15) is 0 Å². The smallest absolute Gasteiger partial charge is 0.0462 e. The topological polar surface area (TPSA) is 12.0 Å². The van der Waals surface area contributed by atoms with Crippen molar-refractivity contribution in [2.45, 2.75) is 19.5 Å². The zero-order valence-electron chi connectivity index (χ0n) is 10.5. The van der Waals surface area contributed by atoms with E-state index < -0.39 is 0 Å². The molecule has 0 spiro atoms. The van der Waals surface area contributed by atoms with Gasteiger partial charge >= 0.3 is 0 Å². The van der Waals surface area contributed by atoms with E-state index in [1.165, 1.54) is 5.56 Å². The number of hydrogen-bond acceptors (Lipinski definition) is 1. The molecule has 4 heteroatoms. The van der Waals surface area contributed by atoms with Crippen LogP contribution in [0.5, 0.6) is 0 Å². The third kappa shape index (κ3) is 4.22. The summed E-state index contributed by atoms with van der Waals surface area (Å²) in [7, 11) is 0. The van der Waals surface area contributed by atoms with Gasteiger partial charge in [-0.2, -0.15) is 0 Å². The second kappa shape index (κ2) is 6.76. The van der Waals surface area contributed by atoms with E-state index in [0.29, 0.717) is 0 Å². The highest BCUT2D eigenvalue weighted by molar-refractivity contribution is 9.10. The van der Waals surface area contributed by atoms with Crippen LogP contribution in [0.15, 0.2) is 46.9 Å². The number of rotatable bonds is 4. The average molecular weight is 359 g/mol. The van der Waals surface area contributed by atoms with Crippen LogP contribution in [0.1, 0.15) is 24.1 Å². The molecule has 1 N–H and O–H groups in total. The van der Waals surface area contributed by atoms with E-state index in [0.717, 1.165) is 26.6 Å². The highest BCUT2D eigenvalue weighted by Crippen LogP contribution is 2.22. The Kier molecular flexibility index (Phi) is 5.28. The van der Waals surface area contributed by atoms with Crippen molar-refractivity contribution in [3.63, 3.8) is 0 Å². The van der Waals surface area contributed by atoms with Crippen LogP contribution in [0.4, 0.5) is 0 Å². The van der Waals surface area contributed by atoms with Gasteiger partial charge in [0.05, 0.1) is 0 Å². The molecule has 2 aromatic rings. The molecule has 0 amide bonds. The maximum absolute atomic E-state index is 6.19. The van der Waals surface area contributed by atoms with Crippen molar-refractivity contribution in [2.24, 2.45) is 0 Å². The first kappa shape index (κ1) is 14.9. The lowest BCUT2D eigenvalue weighted by Crippen LogP contribution is -2.18. The van der Waals surface area contributed by atoms with Crippen molar-refractivity contribution in [3.05, 3.63) is 68.1 Å². The van der Waals surface area contributed by atoms with Crippen molar-refractivity contribution in [1.82, 2.24) is 5.32 Å². The molecule has 0 radical (unpaired) electrons. The van der Waals surface area contributed by atoms with Crippen LogP contribution in [0.2, 0.25) is 10.0 Å². The lowest BCUT2D eigenvalue weighted by Gasteiger charge is -2.15. The van der Waals surface area contributed by atoms with Crippen LogP contribution in [0.3, 0.4) is 0 Å². The summed E-state index contributed by atoms with van der Waals surface area (Å²) in [6, 6.07) is 14.0. The van der Waals surface area contributed by atoms with E-state index in [-0.39, 0.29) is 6.04 Å². The summed E-state index contributed by atoms with van der Waals surface area (Å²) in [5.41, 5.74) is 2.29.